The molecule has 2 aromatic rings. The second-order valence-corrected chi connectivity index (χ2v) is 3.00. The average Bonchev–Trinajstić information content (AvgIpc) is 2.80. The summed E-state index contributed by atoms with van der Waals surface area (Å²) in [5, 5.41) is 2.74. The molecule has 84 valence electrons. The van der Waals surface area contributed by atoms with Crippen molar-refractivity contribution < 1.29 is 9.21 Å². The first kappa shape index (κ1) is 12.3. The largest absolute Gasteiger partial charge is 0.467 e. The van der Waals surface area contributed by atoms with Gasteiger partial charge in [-0.3, -0.25) is 9.78 Å². The Morgan fingerprint density at radius 2 is 2.06 bits per heavy atom. The summed E-state index contributed by atoms with van der Waals surface area (Å²) in [5.41, 5.74) is 0.594. The van der Waals surface area contributed by atoms with E-state index >= 15 is 0 Å². The summed E-state index contributed by atoms with van der Waals surface area (Å²) >= 11 is 0. The fraction of sp³-hybridized carbons (Fsp3) is 0.0909. The standard InChI is InChI=1S/C11H10N2O2.ClH/c14-11(9-3-5-12-6-4-9)13-8-10-2-1-7-15-10;/h1-7H,8H2,(H,13,14);1H. The van der Waals surface area contributed by atoms with Crippen LogP contribution in [0.4, 0.5) is 0 Å². The van der Waals surface area contributed by atoms with Gasteiger partial charge >= 0.3 is 0 Å². The molecule has 0 bridgehead atoms. The highest BCUT2D eigenvalue weighted by Crippen LogP contribution is 2.00. The molecule has 0 saturated carbocycles. The summed E-state index contributed by atoms with van der Waals surface area (Å²) in [6.07, 6.45) is 4.75. The van der Waals surface area contributed by atoms with Gasteiger partial charge in [-0.1, -0.05) is 0 Å². The molecule has 1 N–H and O–H groups in total. The van der Waals surface area contributed by atoms with Gasteiger partial charge in [0.25, 0.3) is 5.91 Å². The van der Waals surface area contributed by atoms with Crippen LogP contribution in [0.25, 0.3) is 0 Å². The number of rotatable bonds is 3. The molecule has 0 aliphatic rings. The third-order valence-corrected chi connectivity index (χ3v) is 1.95. The van der Waals surface area contributed by atoms with Crippen LogP contribution in [0.2, 0.25) is 0 Å². The lowest BCUT2D eigenvalue weighted by atomic mass is 10.2. The van der Waals surface area contributed by atoms with Crippen LogP contribution < -0.4 is 5.32 Å². The molecule has 2 heterocycles. The number of aromatic nitrogens is 1. The van der Waals surface area contributed by atoms with Crippen LogP contribution in [0, 0.1) is 0 Å². The SMILES string of the molecule is Cl.O=C(NCc1ccco1)c1ccncc1. The number of halogens is 1. The molecule has 16 heavy (non-hydrogen) atoms. The first-order valence-corrected chi connectivity index (χ1v) is 4.57. The van der Waals surface area contributed by atoms with E-state index < -0.39 is 0 Å². The predicted octanol–water partition coefficient (Wildman–Crippen LogP) is 2.03. The van der Waals surface area contributed by atoms with Crippen molar-refractivity contribution in [1.29, 1.82) is 0 Å². The Bertz CT molecular complexity index is 429. The predicted molar refractivity (Wildman–Crippen MR) is 61.4 cm³/mol. The van der Waals surface area contributed by atoms with E-state index in [-0.39, 0.29) is 18.3 Å². The summed E-state index contributed by atoms with van der Waals surface area (Å²) < 4.78 is 5.09. The molecule has 0 aliphatic carbocycles. The maximum Gasteiger partial charge on any atom is 0.251 e. The van der Waals surface area contributed by atoms with Crippen LogP contribution in [-0.2, 0) is 6.54 Å². The third kappa shape index (κ3) is 3.10. The van der Waals surface area contributed by atoms with Gasteiger partial charge in [-0.05, 0) is 24.3 Å². The van der Waals surface area contributed by atoms with E-state index in [2.05, 4.69) is 10.3 Å². The van der Waals surface area contributed by atoms with E-state index in [1.807, 2.05) is 6.07 Å². The lowest BCUT2D eigenvalue weighted by Gasteiger charge is -2.02. The maximum atomic E-state index is 11.6. The fourth-order valence-corrected chi connectivity index (χ4v) is 1.19. The molecule has 0 aromatic carbocycles. The maximum absolute atomic E-state index is 11.6. The van der Waals surface area contributed by atoms with Crippen LogP contribution in [0.15, 0.2) is 47.3 Å². The number of pyridine rings is 1. The Balaban J connectivity index is 0.00000128. The van der Waals surface area contributed by atoms with Crippen molar-refractivity contribution in [2.75, 3.05) is 0 Å². The number of hydrogen-bond donors (Lipinski definition) is 1. The fourth-order valence-electron chi connectivity index (χ4n) is 1.19. The Morgan fingerprint density at radius 1 is 1.31 bits per heavy atom. The number of carbonyl (C=O) groups is 1. The topological polar surface area (TPSA) is 55.1 Å². The second-order valence-electron chi connectivity index (χ2n) is 3.00. The van der Waals surface area contributed by atoms with Crippen LogP contribution >= 0.6 is 12.4 Å². The van der Waals surface area contributed by atoms with E-state index in [0.29, 0.717) is 12.1 Å². The Labute approximate surface area is 99.1 Å². The van der Waals surface area contributed by atoms with E-state index in [4.69, 9.17) is 4.42 Å². The zero-order valence-electron chi connectivity index (χ0n) is 8.42. The molecule has 0 radical (unpaired) electrons. The smallest absolute Gasteiger partial charge is 0.251 e. The molecular weight excluding hydrogens is 228 g/mol. The quantitative estimate of drug-likeness (QED) is 0.890. The van der Waals surface area contributed by atoms with Crippen molar-refractivity contribution in [2.45, 2.75) is 6.54 Å². The van der Waals surface area contributed by atoms with E-state index in [1.165, 1.54) is 0 Å². The minimum atomic E-state index is -0.131. The van der Waals surface area contributed by atoms with Gasteiger partial charge in [-0.2, -0.15) is 0 Å². The second kappa shape index (κ2) is 5.92. The van der Waals surface area contributed by atoms with E-state index in [0.717, 1.165) is 5.76 Å². The number of hydrogen-bond acceptors (Lipinski definition) is 3. The molecule has 2 aromatic heterocycles. The Morgan fingerprint density at radius 3 is 2.69 bits per heavy atom. The van der Waals surface area contributed by atoms with Crippen LogP contribution in [0.5, 0.6) is 0 Å². The zero-order chi connectivity index (χ0) is 10.5. The molecule has 0 aliphatic heterocycles. The normalized spacial score (nSPS) is 9.25. The Hall–Kier alpha value is -1.81. The molecule has 0 atom stereocenters. The lowest BCUT2D eigenvalue weighted by molar-refractivity contribution is 0.0948. The molecule has 0 fully saturated rings. The van der Waals surface area contributed by atoms with Crippen molar-refractivity contribution in [3.8, 4) is 0 Å². The minimum absolute atomic E-state index is 0. The van der Waals surface area contributed by atoms with Crippen molar-refractivity contribution in [1.82, 2.24) is 10.3 Å². The number of nitrogens with one attached hydrogen (secondary N) is 1. The van der Waals surface area contributed by atoms with Crippen LogP contribution in [-0.4, -0.2) is 10.9 Å². The number of amides is 1. The Kier molecular flexibility index (Phi) is 4.54. The highest BCUT2D eigenvalue weighted by molar-refractivity contribution is 5.93. The average molecular weight is 239 g/mol. The van der Waals surface area contributed by atoms with E-state index in [1.54, 1.807) is 36.9 Å². The summed E-state index contributed by atoms with van der Waals surface area (Å²) in [4.78, 5) is 15.4. The van der Waals surface area contributed by atoms with Gasteiger partial charge in [0, 0.05) is 18.0 Å². The lowest BCUT2D eigenvalue weighted by Crippen LogP contribution is -2.22. The molecule has 2 rings (SSSR count). The highest BCUT2D eigenvalue weighted by Gasteiger charge is 2.04. The monoisotopic (exact) mass is 238 g/mol. The van der Waals surface area contributed by atoms with Gasteiger partial charge in [0.1, 0.15) is 5.76 Å². The summed E-state index contributed by atoms with van der Waals surface area (Å²) in [6.45, 7) is 0.397. The summed E-state index contributed by atoms with van der Waals surface area (Å²) in [6, 6.07) is 6.93. The number of furan rings is 1. The van der Waals surface area contributed by atoms with Gasteiger partial charge < -0.3 is 9.73 Å². The molecule has 4 nitrogen and oxygen atoms in total. The first-order chi connectivity index (χ1) is 7.36. The van der Waals surface area contributed by atoms with Gasteiger partial charge in [0.05, 0.1) is 12.8 Å². The van der Waals surface area contributed by atoms with Gasteiger partial charge in [0.2, 0.25) is 0 Å². The van der Waals surface area contributed by atoms with E-state index in [9.17, 15) is 4.79 Å². The first-order valence-electron chi connectivity index (χ1n) is 4.57. The minimum Gasteiger partial charge on any atom is -0.467 e. The molecule has 0 saturated heterocycles. The highest BCUT2D eigenvalue weighted by atomic mass is 35.5. The molecule has 5 heteroatoms. The molecule has 1 amide bonds. The van der Waals surface area contributed by atoms with Gasteiger partial charge in [-0.25, -0.2) is 0 Å². The van der Waals surface area contributed by atoms with Gasteiger partial charge in [-0.15, -0.1) is 12.4 Å². The van der Waals surface area contributed by atoms with Crippen molar-refractivity contribution in [2.24, 2.45) is 0 Å². The number of carbonyl (C=O) groups excluding carboxylic acids is 1. The van der Waals surface area contributed by atoms with Crippen molar-refractivity contribution >= 4 is 18.3 Å². The zero-order valence-corrected chi connectivity index (χ0v) is 9.24. The van der Waals surface area contributed by atoms with Crippen molar-refractivity contribution in [3.63, 3.8) is 0 Å². The molecule has 0 spiro atoms. The number of nitrogens with zero attached hydrogens (tertiary/aromatic N) is 1. The van der Waals surface area contributed by atoms with Gasteiger partial charge in [0.15, 0.2) is 0 Å². The summed E-state index contributed by atoms with van der Waals surface area (Å²) in [5.74, 6) is 0.603. The van der Waals surface area contributed by atoms with Crippen LogP contribution in [0.3, 0.4) is 0 Å². The van der Waals surface area contributed by atoms with Crippen molar-refractivity contribution in [3.05, 3.63) is 54.2 Å². The molecular formula is C11H11ClN2O2. The van der Waals surface area contributed by atoms with Crippen LogP contribution in [0.1, 0.15) is 16.1 Å². The summed E-state index contributed by atoms with van der Waals surface area (Å²) in [7, 11) is 0. The molecule has 0 unspecified atom stereocenters. The third-order valence-electron chi connectivity index (χ3n) is 1.95.